The summed E-state index contributed by atoms with van der Waals surface area (Å²) in [6.45, 7) is 0.763. The van der Waals surface area contributed by atoms with E-state index in [0.29, 0.717) is 23.8 Å². The second kappa shape index (κ2) is 9.12. The molecule has 1 amide bonds. The van der Waals surface area contributed by atoms with Crippen molar-refractivity contribution in [3.63, 3.8) is 0 Å². The van der Waals surface area contributed by atoms with Crippen molar-refractivity contribution in [1.29, 1.82) is 0 Å². The maximum atomic E-state index is 12.2. The average molecular weight is 353 g/mol. The Morgan fingerprint density at radius 2 is 1.84 bits per heavy atom. The predicted molar refractivity (Wildman–Crippen MR) is 88.4 cm³/mol. The van der Waals surface area contributed by atoms with Gasteiger partial charge in [-0.3, -0.25) is 4.79 Å². The van der Waals surface area contributed by atoms with Crippen LogP contribution >= 0.6 is 0 Å². The van der Waals surface area contributed by atoms with Gasteiger partial charge in [-0.1, -0.05) is 0 Å². The Kier molecular flexibility index (Phi) is 6.88. The number of benzene rings is 1. The zero-order valence-electron chi connectivity index (χ0n) is 14.6. The maximum Gasteiger partial charge on any atom is 0.338 e. The Morgan fingerprint density at radius 1 is 1.16 bits per heavy atom. The van der Waals surface area contributed by atoms with Crippen molar-refractivity contribution in [2.24, 2.45) is 0 Å². The summed E-state index contributed by atoms with van der Waals surface area (Å²) < 4.78 is 26.0. The monoisotopic (exact) mass is 353 g/mol. The standard InChI is InChI=1S/C17H23NO7/c1-21-13-7-11(8-14(22-2)16(13)23-3)17(20)25-10-15(19)18-9-12-5-4-6-24-12/h7-8,12H,4-6,9-10H2,1-3H3,(H,18,19)/t12-/m0/s1. The molecule has 0 unspecified atom stereocenters. The smallest absolute Gasteiger partial charge is 0.338 e. The Labute approximate surface area is 146 Å². The van der Waals surface area contributed by atoms with Crippen LogP contribution in [0.3, 0.4) is 0 Å². The highest BCUT2D eigenvalue weighted by atomic mass is 16.5. The quantitative estimate of drug-likeness (QED) is 0.701. The Balaban J connectivity index is 1.92. The zero-order valence-corrected chi connectivity index (χ0v) is 14.6. The van der Waals surface area contributed by atoms with Crippen molar-refractivity contribution in [1.82, 2.24) is 5.32 Å². The molecule has 1 atom stereocenters. The van der Waals surface area contributed by atoms with Crippen molar-refractivity contribution in [3.8, 4) is 17.2 Å². The Bertz CT molecular complexity index is 586. The van der Waals surface area contributed by atoms with E-state index in [1.807, 2.05) is 0 Å². The molecule has 0 saturated carbocycles. The molecule has 1 aliphatic rings. The number of nitrogens with one attached hydrogen (secondary N) is 1. The van der Waals surface area contributed by atoms with Gasteiger partial charge in [0.1, 0.15) is 0 Å². The summed E-state index contributed by atoms with van der Waals surface area (Å²) in [6.07, 6.45) is 1.96. The van der Waals surface area contributed by atoms with Crippen LogP contribution in [-0.4, -0.2) is 59.1 Å². The minimum Gasteiger partial charge on any atom is -0.493 e. The normalized spacial score (nSPS) is 16.2. The highest BCUT2D eigenvalue weighted by molar-refractivity contribution is 5.92. The first-order valence-corrected chi connectivity index (χ1v) is 7.94. The van der Waals surface area contributed by atoms with E-state index in [2.05, 4.69) is 5.32 Å². The van der Waals surface area contributed by atoms with Gasteiger partial charge in [-0.05, 0) is 25.0 Å². The van der Waals surface area contributed by atoms with Crippen LogP contribution in [-0.2, 0) is 14.3 Å². The molecule has 0 aliphatic carbocycles. The molecule has 138 valence electrons. The van der Waals surface area contributed by atoms with Gasteiger partial charge in [0.25, 0.3) is 5.91 Å². The van der Waals surface area contributed by atoms with Gasteiger partial charge in [0.15, 0.2) is 18.1 Å². The molecule has 1 saturated heterocycles. The lowest BCUT2D eigenvalue weighted by Gasteiger charge is -2.14. The lowest BCUT2D eigenvalue weighted by molar-refractivity contribution is -0.124. The van der Waals surface area contributed by atoms with Gasteiger partial charge in [0, 0.05) is 13.2 Å². The van der Waals surface area contributed by atoms with Crippen LogP contribution in [0.1, 0.15) is 23.2 Å². The molecular formula is C17H23NO7. The van der Waals surface area contributed by atoms with E-state index >= 15 is 0 Å². The summed E-state index contributed by atoms with van der Waals surface area (Å²) in [5, 5.41) is 2.68. The number of hydrogen-bond acceptors (Lipinski definition) is 7. The largest absolute Gasteiger partial charge is 0.493 e. The first kappa shape index (κ1) is 18.9. The summed E-state index contributed by atoms with van der Waals surface area (Å²) in [4.78, 5) is 23.9. The van der Waals surface area contributed by atoms with Crippen molar-refractivity contribution < 1.29 is 33.3 Å². The third kappa shape index (κ3) is 4.99. The molecule has 2 rings (SSSR count). The van der Waals surface area contributed by atoms with Gasteiger partial charge in [-0.2, -0.15) is 0 Å². The minimum atomic E-state index is -0.661. The van der Waals surface area contributed by atoms with Gasteiger partial charge in [0.05, 0.1) is 33.0 Å². The van der Waals surface area contributed by atoms with Crippen LogP contribution in [0.5, 0.6) is 17.2 Å². The number of carbonyl (C=O) groups excluding carboxylic acids is 2. The molecule has 8 heteroatoms. The fourth-order valence-electron chi connectivity index (χ4n) is 2.50. The van der Waals surface area contributed by atoms with E-state index in [0.717, 1.165) is 19.4 Å². The minimum absolute atomic E-state index is 0.0368. The number of esters is 1. The summed E-state index contributed by atoms with van der Waals surface area (Å²) in [5.41, 5.74) is 0.196. The van der Waals surface area contributed by atoms with Crippen molar-refractivity contribution >= 4 is 11.9 Å². The second-order valence-corrected chi connectivity index (χ2v) is 5.43. The fraction of sp³-hybridized carbons (Fsp3) is 0.529. The van der Waals surface area contributed by atoms with Crippen LogP contribution < -0.4 is 19.5 Å². The zero-order chi connectivity index (χ0) is 18.2. The molecule has 1 aromatic rings. The van der Waals surface area contributed by atoms with E-state index in [-0.39, 0.29) is 24.2 Å². The molecule has 8 nitrogen and oxygen atoms in total. The number of rotatable bonds is 8. The lowest BCUT2D eigenvalue weighted by atomic mass is 10.2. The summed E-state index contributed by atoms with van der Waals surface area (Å²) in [5.74, 6) is -0.00747. The number of ether oxygens (including phenoxy) is 5. The predicted octanol–water partition coefficient (Wildman–Crippen LogP) is 1.16. The van der Waals surface area contributed by atoms with Crippen LogP contribution in [0.2, 0.25) is 0 Å². The number of hydrogen-bond donors (Lipinski definition) is 1. The maximum absolute atomic E-state index is 12.2. The average Bonchev–Trinajstić information content (AvgIpc) is 3.16. The molecule has 25 heavy (non-hydrogen) atoms. The molecule has 0 aromatic heterocycles. The first-order chi connectivity index (χ1) is 12.1. The molecule has 0 radical (unpaired) electrons. The van der Waals surface area contributed by atoms with Crippen molar-refractivity contribution in [2.45, 2.75) is 18.9 Å². The van der Waals surface area contributed by atoms with Crippen molar-refractivity contribution in [2.75, 3.05) is 41.1 Å². The summed E-state index contributed by atoms with van der Waals surface area (Å²) >= 11 is 0. The summed E-state index contributed by atoms with van der Waals surface area (Å²) in [6, 6.07) is 2.93. The highest BCUT2D eigenvalue weighted by Gasteiger charge is 2.19. The van der Waals surface area contributed by atoms with Crippen LogP contribution in [0, 0.1) is 0 Å². The molecule has 0 spiro atoms. The molecule has 1 N–H and O–H groups in total. The van der Waals surface area contributed by atoms with Gasteiger partial charge in [0.2, 0.25) is 5.75 Å². The van der Waals surface area contributed by atoms with Gasteiger partial charge in [-0.15, -0.1) is 0 Å². The molecular weight excluding hydrogens is 330 g/mol. The number of carbonyl (C=O) groups is 2. The van der Waals surface area contributed by atoms with E-state index in [4.69, 9.17) is 23.7 Å². The number of amides is 1. The SMILES string of the molecule is COc1cc(C(=O)OCC(=O)NC[C@@H]2CCCO2)cc(OC)c1OC. The van der Waals surface area contributed by atoms with Gasteiger partial charge >= 0.3 is 5.97 Å². The Morgan fingerprint density at radius 3 is 2.36 bits per heavy atom. The fourth-order valence-corrected chi connectivity index (χ4v) is 2.50. The Hall–Kier alpha value is -2.48. The first-order valence-electron chi connectivity index (χ1n) is 7.94. The molecule has 1 aliphatic heterocycles. The third-order valence-electron chi connectivity index (χ3n) is 3.79. The van der Waals surface area contributed by atoms with E-state index < -0.39 is 5.97 Å². The molecule has 1 aromatic carbocycles. The van der Waals surface area contributed by atoms with Crippen LogP contribution in [0.4, 0.5) is 0 Å². The van der Waals surface area contributed by atoms with E-state index in [9.17, 15) is 9.59 Å². The highest BCUT2D eigenvalue weighted by Crippen LogP contribution is 2.38. The molecule has 0 bridgehead atoms. The van der Waals surface area contributed by atoms with Crippen molar-refractivity contribution in [3.05, 3.63) is 17.7 Å². The molecule has 1 fully saturated rings. The summed E-state index contributed by atoms with van der Waals surface area (Å²) in [7, 11) is 4.37. The van der Waals surface area contributed by atoms with Crippen LogP contribution in [0.25, 0.3) is 0 Å². The number of methoxy groups -OCH3 is 3. The van der Waals surface area contributed by atoms with Crippen LogP contribution in [0.15, 0.2) is 12.1 Å². The lowest BCUT2D eigenvalue weighted by Crippen LogP contribution is -2.34. The van der Waals surface area contributed by atoms with Gasteiger partial charge in [-0.25, -0.2) is 4.79 Å². The topological polar surface area (TPSA) is 92.3 Å². The third-order valence-corrected chi connectivity index (χ3v) is 3.79. The van der Waals surface area contributed by atoms with Gasteiger partial charge < -0.3 is 29.0 Å². The second-order valence-electron chi connectivity index (χ2n) is 5.43. The van der Waals surface area contributed by atoms with E-state index in [1.165, 1.54) is 33.5 Å². The molecule has 1 heterocycles. The van der Waals surface area contributed by atoms with E-state index in [1.54, 1.807) is 0 Å².